The molecule has 0 nitrogen and oxygen atoms in total. The van der Waals surface area contributed by atoms with Crippen LogP contribution >= 0.6 is 23.2 Å². The van der Waals surface area contributed by atoms with Gasteiger partial charge in [-0.1, -0.05) is 55.8 Å². The summed E-state index contributed by atoms with van der Waals surface area (Å²) >= 11 is 12.4. The highest BCUT2D eigenvalue weighted by atomic mass is 35.5. The van der Waals surface area contributed by atoms with Crippen molar-refractivity contribution in [1.29, 1.82) is 0 Å². The second-order valence-corrected chi connectivity index (χ2v) is 5.82. The summed E-state index contributed by atoms with van der Waals surface area (Å²) in [5, 5.41) is -0.217. The summed E-state index contributed by atoms with van der Waals surface area (Å²) < 4.78 is 13.9. The molecule has 3 heteroatoms. The summed E-state index contributed by atoms with van der Waals surface area (Å²) in [5.41, 5.74) is 2.46. The Bertz CT molecular complexity index is 558. The number of alkyl halides is 1. The van der Waals surface area contributed by atoms with E-state index in [2.05, 4.69) is 13.8 Å². The highest BCUT2D eigenvalue weighted by Crippen LogP contribution is 2.35. The average Bonchev–Trinajstić information content (AvgIpc) is 2.46. The molecule has 0 aromatic heterocycles. The molecule has 0 spiro atoms. The van der Waals surface area contributed by atoms with Crippen molar-refractivity contribution in [2.75, 3.05) is 0 Å². The van der Waals surface area contributed by atoms with Gasteiger partial charge in [-0.15, -0.1) is 11.6 Å². The molecule has 0 amide bonds. The first kappa shape index (κ1) is 15.3. The summed E-state index contributed by atoms with van der Waals surface area (Å²) in [7, 11) is 0. The molecule has 0 heterocycles. The molecule has 0 aliphatic heterocycles. The van der Waals surface area contributed by atoms with Crippen LogP contribution in [0.15, 0.2) is 42.5 Å². The van der Waals surface area contributed by atoms with Crippen molar-refractivity contribution >= 4 is 23.2 Å². The first-order valence-electron chi connectivity index (χ1n) is 6.72. The monoisotopic (exact) mass is 310 g/mol. The zero-order valence-corrected chi connectivity index (χ0v) is 13.0. The minimum absolute atomic E-state index is 0.340. The number of halogens is 3. The summed E-state index contributed by atoms with van der Waals surface area (Å²) in [6, 6.07) is 12.6. The van der Waals surface area contributed by atoms with E-state index < -0.39 is 5.38 Å². The van der Waals surface area contributed by atoms with Crippen LogP contribution in [0.4, 0.5) is 4.39 Å². The molecule has 0 N–H and O–H groups in total. The summed E-state index contributed by atoms with van der Waals surface area (Å²) in [4.78, 5) is 0. The predicted octanol–water partition coefficient (Wildman–Crippen LogP) is 6.32. The Labute approximate surface area is 129 Å². The van der Waals surface area contributed by atoms with Crippen molar-refractivity contribution in [3.8, 4) is 0 Å². The minimum Gasteiger partial charge on any atom is -0.207 e. The molecular formula is C17H17Cl2F. The SMILES string of the molecule is CCC(C)c1ccc(C(Cl)c2c(F)cccc2Cl)cc1. The van der Waals surface area contributed by atoms with Crippen molar-refractivity contribution in [2.24, 2.45) is 0 Å². The topological polar surface area (TPSA) is 0 Å². The summed E-state index contributed by atoms with van der Waals surface area (Å²) in [6.45, 7) is 4.34. The van der Waals surface area contributed by atoms with Gasteiger partial charge in [0, 0.05) is 10.6 Å². The Balaban J connectivity index is 2.32. The summed E-state index contributed by atoms with van der Waals surface area (Å²) in [5.74, 6) is 0.137. The zero-order valence-electron chi connectivity index (χ0n) is 11.5. The molecule has 2 aromatic carbocycles. The van der Waals surface area contributed by atoms with Crippen LogP contribution in [0.1, 0.15) is 48.3 Å². The van der Waals surface area contributed by atoms with Crippen LogP contribution in [-0.4, -0.2) is 0 Å². The van der Waals surface area contributed by atoms with E-state index in [9.17, 15) is 4.39 Å². The van der Waals surface area contributed by atoms with E-state index in [1.54, 1.807) is 12.1 Å². The summed E-state index contributed by atoms with van der Waals surface area (Å²) in [6.07, 6.45) is 1.09. The molecule has 2 rings (SSSR count). The van der Waals surface area contributed by atoms with Crippen molar-refractivity contribution < 1.29 is 4.39 Å². The van der Waals surface area contributed by atoms with Gasteiger partial charge in [0.15, 0.2) is 0 Å². The second-order valence-electron chi connectivity index (χ2n) is 4.97. The maximum atomic E-state index is 13.9. The van der Waals surface area contributed by atoms with Gasteiger partial charge in [0.25, 0.3) is 0 Å². The molecule has 0 bridgehead atoms. The highest BCUT2D eigenvalue weighted by molar-refractivity contribution is 6.33. The maximum Gasteiger partial charge on any atom is 0.129 e. The minimum atomic E-state index is -0.574. The maximum absolute atomic E-state index is 13.9. The lowest BCUT2D eigenvalue weighted by Crippen LogP contribution is -1.99. The lowest BCUT2D eigenvalue weighted by Gasteiger charge is -2.15. The quantitative estimate of drug-likeness (QED) is 0.579. The normalized spacial score (nSPS) is 14.1. The van der Waals surface area contributed by atoms with Crippen LogP contribution in [0.2, 0.25) is 5.02 Å². The number of hydrogen-bond donors (Lipinski definition) is 0. The zero-order chi connectivity index (χ0) is 14.7. The Morgan fingerprint density at radius 2 is 1.65 bits per heavy atom. The van der Waals surface area contributed by atoms with Crippen LogP contribution in [0.5, 0.6) is 0 Å². The van der Waals surface area contributed by atoms with Crippen LogP contribution < -0.4 is 0 Å². The van der Waals surface area contributed by atoms with E-state index in [-0.39, 0.29) is 5.82 Å². The van der Waals surface area contributed by atoms with Gasteiger partial charge >= 0.3 is 0 Å². The van der Waals surface area contributed by atoms with Gasteiger partial charge in [-0.2, -0.15) is 0 Å². The lowest BCUT2D eigenvalue weighted by molar-refractivity contribution is 0.612. The smallest absolute Gasteiger partial charge is 0.129 e. The fourth-order valence-corrected chi connectivity index (χ4v) is 2.84. The van der Waals surface area contributed by atoms with Crippen molar-refractivity contribution in [2.45, 2.75) is 31.6 Å². The standard InChI is InChI=1S/C17H17Cl2F/c1-3-11(2)12-7-9-13(10-8-12)17(19)16-14(18)5-4-6-15(16)20/h4-11,17H,3H2,1-2H3. The van der Waals surface area contributed by atoms with Crippen LogP contribution in [-0.2, 0) is 0 Å². The van der Waals surface area contributed by atoms with E-state index in [0.29, 0.717) is 16.5 Å². The van der Waals surface area contributed by atoms with E-state index in [0.717, 1.165) is 12.0 Å². The van der Waals surface area contributed by atoms with Gasteiger partial charge in [0.05, 0.1) is 5.38 Å². The molecule has 2 atom stereocenters. The Hall–Kier alpha value is -1.05. The predicted molar refractivity (Wildman–Crippen MR) is 84.3 cm³/mol. The molecule has 106 valence electrons. The lowest BCUT2D eigenvalue weighted by atomic mass is 9.96. The van der Waals surface area contributed by atoms with Crippen molar-refractivity contribution in [1.82, 2.24) is 0 Å². The van der Waals surface area contributed by atoms with Gasteiger partial charge in [0.2, 0.25) is 0 Å². The van der Waals surface area contributed by atoms with Crippen LogP contribution in [0, 0.1) is 5.82 Å². The van der Waals surface area contributed by atoms with E-state index in [1.165, 1.54) is 11.6 Å². The van der Waals surface area contributed by atoms with Gasteiger partial charge in [-0.25, -0.2) is 4.39 Å². The first-order chi connectivity index (χ1) is 9.54. The van der Waals surface area contributed by atoms with Gasteiger partial charge < -0.3 is 0 Å². The molecular weight excluding hydrogens is 294 g/mol. The number of benzene rings is 2. The van der Waals surface area contributed by atoms with E-state index in [1.807, 2.05) is 24.3 Å². The van der Waals surface area contributed by atoms with Crippen LogP contribution in [0.3, 0.4) is 0 Å². The third-order valence-corrected chi connectivity index (χ3v) is 4.46. The molecule has 0 radical (unpaired) electrons. The third kappa shape index (κ3) is 3.16. The Morgan fingerprint density at radius 3 is 2.20 bits per heavy atom. The van der Waals surface area contributed by atoms with Crippen molar-refractivity contribution in [3.05, 3.63) is 70.0 Å². The molecule has 0 aliphatic rings. The second kappa shape index (κ2) is 6.60. The van der Waals surface area contributed by atoms with Crippen molar-refractivity contribution in [3.63, 3.8) is 0 Å². The van der Waals surface area contributed by atoms with Gasteiger partial charge in [-0.3, -0.25) is 0 Å². The highest BCUT2D eigenvalue weighted by Gasteiger charge is 2.18. The largest absolute Gasteiger partial charge is 0.207 e. The fourth-order valence-electron chi connectivity index (χ4n) is 2.15. The van der Waals surface area contributed by atoms with Crippen LogP contribution in [0.25, 0.3) is 0 Å². The van der Waals surface area contributed by atoms with E-state index in [4.69, 9.17) is 23.2 Å². The average molecular weight is 311 g/mol. The van der Waals surface area contributed by atoms with E-state index >= 15 is 0 Å². The Kier molecular flexibility index (Phi) is 5.06. The number of hydrogen-bond acceptors (Lipinski definition) is 0. The molecule has 0 fully saturated rings. The Morgan fingerprint density at radius 1 is 1.05 bits per heavy atom. The molecule has 0 saturated carbocycles. The molecule has 2 aromatic rings. The third-order valence-electron chi connectivity index (χ3n) is 3.66. The fraction of sp³-hybridized carbons (Fsp3) is 0.294. The molecule has 0 aliphatic carbocycles. The van der Waals surface area contributed by atoms with Gasteiger partial charge in [-0.05, 0) is 35.6 Å². The molecule has 0 saturated heterocycles. The molecule has 2 unspecified atom stereocenters. The molecule has 20 heavy (non-hydrogen) atoms. The first-order valence-corrected chi connectivity index (χ1v) is 7.53. The number of rotatable bonds is 4. The van der Waals surface area contributed by atoms with Gasteiger partial charge in [0.1, 0.15) is 5.82 Å².